The minimum Gasteiger partial charge on any atom is -0.364 e. The number of benzene rings is 1. The van der Waals surface area contributed by atoms with Crippen LogP contribution in [0.2, 0.25) is 0 Å². The van der Waals surface area contributed by atoms with E-state index in [9.17, 15) is 22.8 Å². The Labute approximate surface area is 182 Å². The standard InChI is InChI=1S/C19H15F3N6O3S/c1-11-15(16(29)23-8-14-6-7-31-26-14)32-17(25-11)27-10-24-28(18(27)30)9-12-2-4-13(5-3-12)19(20,21)22/h2-7,10H,8-9H2,1H3,(H,23,29). The van der Waals surface area contributed by atoms with Crippen molar-refractivity contribution in [2.75, 3.05) is 0 Å². The van der Waals surface area contributed by atoms with Gasteiger partial charge in [0.25, 0.3) is 5.91 Å². The predicted molar refractivity (Wildman–Crippen MR) is 106 cm³/mol. The molecule has 0 spiro atoms. The van der Waals surface area contributed by atoms with Gasteiger partial charge in [-0.2, -0.15) is 18.3 Å². The average Bonchev–Trinajstić information content (AvgIpc) is 3.47. The molecule has 0 atom stereocenters. The fraction of sp³-hybridized carbons (Fsp3) is 0.211. The summed E-state index contributed by atoms with van der Waals surface area (Å²) in [6.07, 6.45) is -1.78. The van der Waals surface area contributed by atoms with E-state index in [1.54, 1.807) is 13.0 Å². The van der Waals surface area contributed by atoms with Crippen LogP contribution < -0.4 is 11.0 Å². The zero-order valence-electron chi connectivity index (χ0n) is 16.5. The maximum absolute atomic E-state index is 12.7. The first-order valence-electron chi connectivity index (χ1n) is 9.18. The normalized spacial score (nSPS) is 11.6. The van der Waals surface area contributed by atoms with E-state index in [-0.39, 0.29) is 24.1 Å². The van der Waals surface area contributed by atoms with E-state index < -0.39 is 17.4 Å². The zero-order valence-corrected chi connectivity index (χ0v) is 17.3. The van der Waals surface area contributed by atoms with Gasteiger partial charge in [0.15, 0.2) is 5.13 Å². The molecule has 1 N–H and O–H groups in total. The van der Waals surface area contributed by atoms with Crippen molar-refractivity contribution < 1.29 is 22.5 Å². The van der Waals surface area contributed by atoms with Crippen molar-refractivity contribution in [1.29, 1.82) is 0 Å². The fourth-order valence-electron chi connectivity index (χ4n) is 2.82. The summed E-state index contributed by atoms with van der Waals surface area (Å²) in [5, 5.41) is 10.7. The van der Waals surface area contributed by atoms with E-state index in [4.69, 9.17) is 4.52 Å². The molecule has 0 aliphatic heterocycles. The first kappa shape index (κ1) is 21.5. The molecule has 0 unspecified atom stereocenters. The van der Waals surface area contributed by atoms with Crippen molar-refractivity contribution in [3.05, 3.63) is 80.8 Å². The average molecular weight is 464 g/mol. The van der Waals surface area contributed by atoms with Gasteiger partial charge in [-0.15, -0.1) is 0 Å². The van der Waals surface area contributed by atoms with Gasteiger partial charge in [-0.25, -0.2) is 19.0 Å². The van der Waals surface area contributed by atoms with Crippen LogP contribution in [-0.4, -0.2) is 30.4 Å². The molecule has 4 rings (SSSR count). The van der Waals surface area contributed by atoms with Crippen molar-refractivity contribution in [3.63, 3.8) is 0 Å². The molecule has 0 bridgehead atoms. The largest absolute Gasteiger partial charge is 0.416 e. The molecular weight excluding hydrogens is 449 g/mol. The number of amides is 1. The number of aryl methyl sites for hydroxylation is 1. The Morgan fingerprint density at radius 3 is 2.62 bits per heavy atom. The third-order valence-corrected chi connectivity index (χ3v) is 5.62. The van der Waals surface area contributed by atoms with E-state index in [2.05, 4.69) is 20.6 Å². The minimum absolute atomic E-state index is 0.0145. The van der Waals surface area contributed by atoms with Gasteiger partial charge in [-0.05, 0) is 24.6 Å². The van der Waals surface area contributed by atoms with Crippen LogP contribution in [0, 0.1) is 6.92 Å². The maximum atomic E-state index is 12.7. The molecule has 32 heavy (non-hydrogen) atoms. The van der Waals surface area contributed by atoms with E-state index in [1.807, 2.05) is 0 Å². The number of carbonyl (C=O) groups is 1. The van der Waals surface area contributed by atoms with Crippen LogP contribution in [0.3, 0.4) is 0 Å². The topological polar surface area (TPSA) is 108 Å². The van der Waals surface area contributed by atoms with Crippen LogP contribution in [0.25, 0.3) is 5.13 Å². The molecule has 1 amide bonds. The summed E-state index contributed by atoms with van der Waals surface area (Å²) in [5.41, 5.74) is 0.167. The molecule has 0 saturated carbocycles. The van der Waals surface area contributed by atoms with Gasteiger partial charge in [0.05, 0.1) is 24.3 Å². The Kier molecular flexibility index (Phi) is 5.65. The molecule has 0 saturated heterocycles. The van der Waals surface area contributed by atoms with Crippen molar-refractivity contribution in [2.24, 2.45) is 0 Å². The number of aromatic nitrogens is 5. The highest BCUT2D eigenvalue weighted by Crippen LogP contribution is 2.29. The molecule has 4 aromatic rings. The molecule has 3 aromatic heterocycles. The molecule has 1 aromatic carbocycles. The van der Waals surface area contributed by atoms with Gasteiger partial charge in [-0.3, -0.25) is 4.79 Å². The van der Waals surface area contributed by atoms with Crippen LogP contribution in [0.15, 0.2) is 52.2 Å². The molecule has 0 aliphatic carbocycles. The molecular formula is C19H15F3N6O3S. The van der Waals surface area contributed by atoms with Crippen molar-refractivity contribution in [2.45, 2.75) is 26.2 Å². The Morgan fingerprint density at radius 2 is 1.97 bits per heavy atom. The van der Waals surface area contributed by atoms with Gasteiger partial charge < -0.3 is 9.84 Å². The summed E-state index contributed by atoms with van der Waals surface area (Å²) < 4.78 is 45.1. The third kappa shape index (κ3) is 4.46. The Morgan fingerprint density at radius 1 is 1.22 bits per heavy atom. The smallest absolute Gasteiger partial charge is 0.364 e. The van der Waals surface area contributed by atoms with Crippen molar-refractivity contribution >= 4 is 17.2 Å². The number of nitrogens with one attached hydrogen (secondary N) is 1. The predicted octanol–water partition coefficient (Wildman–Crippen LogP) is 2.78. The maximum Gasteiger partial charge on any atom is 0.416 e. The summed E-state index contributed by atoms with van der Waals surface area (Å²) in [5.74, 6) is -0.376. The lowest BCUT2D eigenvalue weighted by Crippen LogP contribution is -2.24. The molecule has 0 radical (unpaired) electrons. The SMILES string of the molecule is Cc1nc(-n2cnn(Cc3ccc(C(F)(F)F)cc3)c2=O)sc1C(=O)NCc1ccon1. The second kappa shape index (κ2) is 8.42. The zero-order chi connectivity index (χ0) is 22.9. The van der Waals surface area contributed by atoms with Gasteiger partial charge in [-0.1, -0.05) is 28.6 Å². The number of halogens is 3. The lowest BCUT2D eigenvalue weighted by atomic mass is 10.1. The highest BCUT2D eigenvalue weighted by Gasteiger charge is 2.30. The Balaban J connectivity index is 1.50. The van der Waals surface area contributed by atoms with E-state index in [1.165, 1.54) is 29.3 Å². The first-order valence-corrected chi connectivity index (χ1v) is 10.00. The van der Waals surface area contributed by atoms with Gasteiger partial charge >= 0.3 is 11.9 Å². The third-order valence-electron chi connectivity index (χ3n) is 4.47. The quantitative estimate of drug-likeness (QED) is 0.470. The summed E-state index contributed by atoms with van der Waals surface area (Å²) in [4.78, 5) is 29.7. The highest BCUT2D eigenvalue weighted by molar-refractivity contribution is 7.16. The van der Waals surface area contributed by atoms with Crippen molar-refractivity contribution in [3.8, 4) is 5.13 Å². The lowest BCUT2D eigenvalue weighted by Gasteiger charge is -2.07. The number of nitrogens with zero attached hydrogens (tertiary/aromatic N) is 5. The summed E-state index contributed by atoms with van der Waals surface area (Å²) in [6, 6.07) is 6.10. The molecule has 3 heterocycles. The van der Waals surface area contributed by atoms with Crippen LogP contribution in [0.5, 0.6) is 0 Å². The van der Waals surface area contributed by atoms with Crippen LogP contribution >= 0.6 is 11.3 Å². The minimum atomic E-state index is -4.43. The number of hydrogen-bond donors (Lipinski definition) is 1. The molecule has 0 aliphatic rings. The second-order valence-electron chi connectivity index (χ2n) is 6.72. The van der Waals surface area contributed by atoms with Crippen molar-refractivity contribution in [1.82, 2.24) is 29.8 Å². The summed E-state index contributed by atoms with van der Waals surface area (Å²) >= 11 is 1.01. The number of hydrogen-bond acceptors (Lipinski definition) is 7. The van der Waals surface area contributed by atoms with E-state index in [0.29, 0.717) is 21.8 Å². The number of carbonyl (C=O) groups excluding carboxylic acids is 1. The number of thiazole rings is 1. The Hall–Kier alpha value is -3.74. The summed E-state index contributed by atoms with van der Waals surface area (Å²) in [7, 11) is 0. The van der Waals surface area contributed by atoms with E-state index >= 15 is 0 Å². The molecule has 0 fully saturated rings. The van der Waals surface area contributed by atoms with E-state index in [0.717, 1.165) is 28.2 Å². The van der Waals surface area contributed by atoms with Gasteiger partial charge in [0.1, 0.15) is 23.2 Å². The number of rotatable bonds is 6. The van der Waals surface area contributed by atoms with Crippen LogP contribution in [-0.2, 0) is 19.3 Å². The summed E-state index contributed by atoms with van der Waals surface area (Å²) in [6.45, 7) is 1.80. The van der Waals surface area contributed by atoms with Crippen LogP contribution in [0.4, 0.5) is 13.2 Å². The number of alkyl halides is 3. The lowest BCUT2D eigenvalue weighted by molar-refractivity contribution is -0.137. The molecule has 13 heteroatoms. The highest BCUT2D eigenvalue weighted by atomic mass is 32.1. The Bertz CT molecular complexity index is 1290. The molecule has 9 nitrogen and oxygen atoms in total. The first-order chi connectivity index (χ1) is 15.2. The van der Waals surface area contributed by atoms with Gasteiger partial charge in [0.2, 0.25) is 0 Å². The monoisotopic (exact) mass is 464 g/mol. The molecule has 166 valence electrons. The second-order valence-corrected chi connectivity index (χ2v) is 7.70. The van der Waals surface area contributed by atoms with Gasteiger partial charge in [0, 0.05) is 6.07 Å². The fourth-order valence-corrected chi connectivity index (χ4v) is 3.77. The van der Waals surface area contributed by atoms with Crippen LogP contribution in [0.1, 0.15) is 32.2 Å².